The fraction of sp³-hybridized carbons (Fsp3) is 0.400. The van der Waals surface area contributed by atoms with Crippen molar-refractivity contribution in [3.8, 4) is 0 Å². The number of fused-ring (bicyclic) bond motifs is 1. The molecule has 1 N–H and O–H groups in total. The first-order chi connectivity index (χ1) is 8.69. The molecular formula is C15H17NO2. The van der Waals surface area contributed by atoms with Crippen LogP contribution in [0.25, 0.3) is 11.0 Å². The smallest absolute Gasteiger partial charge is 0.203 e. The second-order valence-electron chi connectivity index (χ2n) is 5.29. The third kappa shape index (κ3) is 1.85. The van der Waals surface area contributed by atoms with Crippen molar-refractivity contribution in [1.82, 2.24) is 5.32 Å². The Balaban J connectivity index is 1.96. The van der Waals surface area contributed by atoms with Gasteiger partial charge in [0.25, 0.3) is 0 Å². The molecule has 3 heteroatoms. The zero-order valence-corrected chi connectivity index (χ0v) is 10.5. The Hall–Kier alpha value is -1.61. The van der Waals surface area contributed by atoms with E-state index in [9.17, 15) is 4.79 Å². The summed E-state index contributed by atoms with van der Waals surface area (Å²) in [4.78, 5) is 12.6. The van der Waals surface area contributed by atoms with Gasteiger partial charge in [-0.15, -0.1) is 0 Å². The molecule has 18 heavy (non-hydrogen) atoms. The van der Waals surface area contributed by atoms with E-state index < -0.39 is 0 Å². The van der Waals surface area contributed by atoms with E-state index in [1.807, 2.05) is 37.3 Å². The van der Waals surface area contributed by atoms with Crippen molar-refractivity contribution >= 4 is 16.8 Å². The molecule has 1 saturated heterocycles. The van der Waals surface area contributed by atoms with Crippen LogP contribution in [0.5, 0.6) is 0 Å². The van der Waals surface area contributed by atoms with Crippen LogP contribution in [0.1, 0.15) is 30.3 Å². The van der Waals surface area contributed by atoms with Gasteiger partial charge in [0, 0.05) is 10.8 Å². The van der Waals surface area contributed by atoms with Gasteiger partial charge in [0.15, 0.2) is 5.76 Å². The van der Waals surface area contributed by atoms with Crippen LogP contribution < -0.4 is 5.32 Å². The summed E-state index contributed by atoms with van der Waals surface area (Å²) < 4.78 is 5.68. The Morgan fingerprint density at radius 2 is 2.00 bits per heavy atom. The standard InChI is InChI=1S/C15H17NO2/c1-15(6-8-16-9-7-15)14(17)13-10-11-4-2-3-5-12(11)18-13/h2-5,10,16H,6-9H2,1H3. The molecule has 0 aliphatic carbocycles. The molecule has 0 bridgehead atoms. The molecular weight excluding hydrogens is 226 g/mol. The summed E-state index contributed by atoms with van der Waals surface area (Å²) in [7, 11) is 0. The number of benzene rings is 1. The summed E-state index contributed by atoms with van der Waals surface area (Å²) in [6.45, 7) is 3.86. The van der Waals surface area contributed by atoms with Crippen molar-refractivity contribution in [2.24, 2.45) is 5.41 Å². The van der Waals surface area contributed by atoms with Crippen LogP contribution in [0.15, 0.2) is 34.7 Å². The summed E-state index contributed by atoms with van der Waals surface area (Å²) >= 11 is 0. The van der Waals surface area contributed by atoms with Gasteiger partial charge in [-0.3, -0.25) is 4.79 Å². The first-order valence-corrected chi connectivity index (χ1v) is 6.43. The Bertz CT molecular complexity index is 546. The van der Waals surface area contributed by atoms with Crippen LogP contribution in [-0.4, -0.2) is 18.9 Å². The summed E-state index contributed by atoms with van der Waals surface area (Å²) in [6.07, 6.45) is 1.76. The van der Waals surface area contributed by atoms with Crippen LogP contribution in [0.2, 0.25) is 0 Å². The summed E-state index contributed by atoms with van der Waals surface area (Å²) in [5.41, 5.74) is 0.512. The van der Waals surface area contributed by atoms with E-state index in [2.05, 4.69) is 5.32 Å². The van der Waals surface area contributed by atoms with Gasteiger partial charge in [0.05, 0.1) is 0 Å². The predicted octanol–water partition coefficient (Wildman–Crippen LogP) is 3.01. The van der Waals surface area contributed by atoms with E-state index in [1.165, 1.54) is 0 Å². The van der Waals surface area contributed by atoms with Crippen LogP contribution in [-0.2, 0) is 0 Å². The molecule has 2 aromatic rings. The lowest BCUT2D eigenvalue weighted by atomic mass is 9.76. The predicted molar refractivity (Wildman–Crippen MR) is 70.8 cm³/mol. The van der Waals surface area contributed by atoms with Gasteiger partial charge < -0.3 is 9.73 Å². The number of nitrogens with one attached hydrogen (secondary N) is 1. The van der Waals surface area contributed by atoms with E-state index in [0.717, 1.165) is 36.9 Å². The molecule has 0 atom stereocenters. The van der Waals surface area contributed by atoms with Gasteiger partial charge in [-0.25, -0.2) is 0 Å². The number of ketones is 1. The molecule has 1 aromatic heterocycles. The maximum absolute atomic E-state index is 12.6. The largest absolute Gasteiger partial charge is 0.453 e. The molecule has 0 saturated carbocycles. The lowest BCUT2D eigenvalue weighted by molar-refractivity contribution is 0.0734. The maximum atomic E-state index is 12.6. The minimum absolute atomic E-state index is 0.139. The van der Waals surface area contributed by atoms with Crippen molar-refractivity contribution in [3.63, 3.8) is 0 Å². The van der Waals surface area contributed by atoms with Crippen molar-refractivity contribution < 1.29 is 9.21 Å². The third-order valence-electron chi connectivity index (χ3n) is 3.90. The first kappa shape index (κ1) is 11.5. The van der Waals surface area contributed by atoms with Gasteiger partial charge in [0.1, 0.15) is 5.58 Å². The number of para-hydroxylation sites is 1. The highest BCUT2D eigenvalue weighted by atomic mass is 16.3. The first-order valence-electron chi connectivity index (χ1n) is 6.43. The van der Waals surface area contributed by atoms with E-state index in [1.54, 1.807) is 0 Å². The molecule has 2 heterocycles. The van der Waals surface area contributed by atoms with Crippen LogP contribution >= 0.6 is 0 Å². The molecule has 0 radical (unpaired) electrons. The van der Waals surface area contributed by atoms with Crippen LogP contribution in [0, 0.1) is 5.41 Å². The molecule has 94 valence electrons. The maximum Gasteiger partial charge on any atom is 0.203 e. The fourth-order valence-electron chi connectivity index (χ4n) is 2.60. The number of rotatable bonds is 2. The zero-order valence-electron chi connectivity index (χ0n) is 10.5. The van der Waals surface area contributed by atoms with Crippen molar-refractivity contribution in [1.29, 1.82) is 0 Å². The lowest BCUT2D eigenvalue weighted by Crippen LogP contribution is -2.39. The van der Waals surface area contributed by atoms with Crippen LogP contribution in [0.4, 0.5) is 0 Å². The normalized spacial score (nSPS) is 18.9. The average Bonchev–Trinajstić information content (AvgIpc) is 2.82. The van der Waals surface area contributed by atoms with Gasteiger partial charge >= 0.3 is 0 Å². The summed E-state index contributed by atoms with van der Waals surface area (Å²) in [5.74, 6) is 0.640. The number of furan rings is 1. The van der Waals surface area contributed by atoms with Crippen molar-refractivity contribution in [2.45, 2.75) is 19.8 Å². The lowest BCUT2D eigenvalue weighted by Gasteiger charge is -2.31. The fourth-order valence-corrected chi connectivity index (χ4v) is 2.60. The Morgan fingerprint density at radius 1 is 1.28 bits per heavy atom. The number of piperidine rings is 1. The highest BCUT2D eigenvalue weighted by molar-refractivity contribution is 6.01. The van der Waals surface area contributed by atoms with Crippen molar-refractivity contribution in [3.05, 3.63) is 36.1 Å². The SMILES string of the molecule is CC1(C(=O)c2cc3ccccc3o2)CCNCC1. The quantitative estimate of drug-likeness (QED) is 0.824. The molecule has 1 fully saturated rings. The number of hydrogen-bond acceptors (Lipinski definition) is 3. The van der Waals surface area contributed by atoms with Gasteiger partial charge in [-0.05, 0) is 38.1 Å². The molecule has 0 unspecified atom stereocenters. The van der Waals surface area contributed by atoms with E-state index in [4.69, 9.17) is 4.42 Å². The Labute approximate surface area is 106 Å². The molecule has 0 amide bonds. The second-order valence-corrected chi connectivity index (χ2v) is 5.29. The van der Waals surface area contributed by atoms with Gasteiger partial charge in [0.2, 0.25) is 5.78 Å². The number of hydrogen-bond donors (Lipinski definition) is 1. The third-order valence-corrected chi connectivity index (χ3v) is 3.90. The minimum atomic E-state index is -0.279. The average molecular weight is 243 g/mol. The second kappa shape index (κ2) is 4.25. The van der Waals surface area contributed by atoms with Crippen molar-refractivity contribution in [2.75, 3.05) is 13.1 Å². The molecule has 1 aromatic carbocycles. The Kier molecular flexibility index (Phi) is 2.71. The number of Topliss-reactive ketones (excluding diaryl/α,β-unsaturated/α-hetero) is 1. The van der Waals surface area contributed by atoms with E-state index >= 15 is 0 Å². The highest BCUT2D eigenvalue weighted by Crippen LogP contribution is 2.33. The topological polar surface area (TPSA) is 42.2 Å². The van der Waals surface area contributed by atoms with E-state index in [-0.39, 0.29) is 11.2 Å². The molecule has 0 spiro atoms. The van der Waals surface area contributed by atoms with Crippen LogP contribution in [0.3, 0.4) is 0 Å². The summed E-state index contributed by atoms with van der Waals surface area (Å²) in [6, 6.07) is 9.62. The molecule has 1 aliphatic heterocycles. The van der Waals surface area contributed by atoms with Gasteiger partial charge in [-0.2, -0.15) is 0 Å². The van der Waals surface area contributed by atoms with Gasteiger partial charge in [-0.1, -0.05) is 25.1 Å². The molecule has 3 nitrogen and oxygen atoms in total. The molecule has 3 rings (SSSR count). The highest BCUT2D eigenvalue weighted by Gasteiger charge is 2.36. The monoisotopic (exact) mass is 243 g/mol. The zero-order chi connectivity index (χ0) is 12.6. The summed E-state index contributed by atoms with van der Waals surface area (Å²) in [5, 5.41) is 4.29. The van der Waals surface area contributed by atoms with E-state index in [0.29, 0.717) is 5.76 Å². The molecule has 1 aliphatic rings. The number of carbonyl (C=O) groups is 1. The number of carbonyl (C=O) groups excluding carboxylic acids is 1. The Morgan fingerprint density at radius 3 is 2.72 bits per heavy atom. The minimum Gasteiger partial charge on any atom is -0.453 e.